The zero-order chi connectivity index (χ0) is 15.8. The van der Waals surface area contributed by atoms with Gasteiger partial charge in [-0.25, -0.2) is 0 Å². The molecule has 0 heterocycles. The van der Waals surface area contributed by atoms with E-state index in [1.807, 2.05) is 78.0 Å². The molecule has 0 amide bonds. The summed E-state index contributed by atoms with van der Waals surface area (Å²) in [5, 5.41) is 0. The minimum Gasteiger partial charge on any atom is -0.298 e. The third kappa shape index (κ3) is 8.11. The Kier molecular flexibility index (Phi) is 15.2. The van der Waals surface area contributed by atoms with E-state index in [9.17, 15) is 4.79 Å². The molecule has 0 bridgehead atoms. The number of hydrogen-bond acceptors (Lipinski definition) is 1. The molecule has 1 aromatic carbocycles. The summed E-state index contributed by atoms with van der Waals surface area (Å²) in [6, 6.07) is 7.32. The SMILES string of the molecule is C/C=C\C(C#Cc1ccccc1C=O)=C/C.CC.CC. The third-order valence-electron chi connectivity index (χ3n) is 2.09. The van der Waals surface area contributed by atoms with E-state index < -0.39 is 0 Å². The molecule has 0 unspecified atom stereocenters. The van der Waals surface area contributed by atoms with Crippen LogP contribution in [0.3, 0.4) is 0 Å². The van der Waals surface area contributed by atoms with Crippen LogP contribution in [0.15, 0.2) is 48.1 Å². The molecule has 1 aromatic rings. The molecule has 0 aliphatic heterocycles. The number of rotatable bonds is 2. The van der Waals surface area contributed by atoms with Crippen LogP contribution in [0.5, 0.6) is 0 Å². The van der Waals surface area contributed by atoms with Gasteiger partial charge >= 0.3 is 0 Å². The molecule has 108 valence electrons. The second-order valence-electron chi connectivity index (χ2n) is 3.20. The van der Waals surface area contributed by atoms with Gasteiger partial charge in [0.05, 0.1) is 0 Å². The van der Waals surface area contributed by atoms with E-state index >= 15 is 0 Å². The molecule has 1 heteroatoms. The standard InChI is InChI=1S/C15H14O.2C2H6/c1-3-7-13(4-2)10-11-14-8-5-6-9-15(14)12-16;2*1-2/h3-9,12H,1-2H3;2*1-2H3/b7-3-,13-4+;;. The Hall–Kier alpha value is -2.07. The Balaban J connectivity index is 0. The summed E-state index contributed by atoms with van der Waals surface area (Å²) in [4.78, 5) is 10.8. The van der Waals surface area contributed by atoms with Crippen molar-refractivity contribution >= 4 is 6.29 Å². The highest BCUT2D eigenvalue weighted by atomic mass is 16.1. The number of aldehydes is 1. The van der Waals surface area contributed by atoms with Gasteiger partial charge < -0.3 is 0 Å². The minimum atomic E-state index is 0.630. The van der Waals surface area contributed by atoms with Crippen LogP contribution in [0, 0.1) is 11.8 Å². The van der Waals surface area contributed by atoms with Gasteiger partial charge in [-0.05, 0) is 19.9 Å². The maximum atomic E-state index is 10.8. The molecule has 1 rings (SSSR count). The number of allylic oxidation sites excluding steroid dienone is 4. The summed E-state index contributed by atoms with van der Waals surface area (Å²) in [6.07, 6.45) is 6.65. The molecule has 0 spiro atoms. The van der Waals surface area contributed by atoms with Gasteiger partial charge in [-0.1, -0.05) is 76.0 Å². The molecule has 0 aliphatic carbocycles. The van der Waals surface area contributed by atoms with Crippen molar-refractivity contribution in [3.05, 3.63) is 59.2 Å². The molecule has 0 N–H and O–H groups in total. The maximum Gasteiger partial charge on any atom is 0.151 e. The molecular weight excluding hydrogens is 244 g/mol. The quantitative estimate of drug-likeness (QED) is 0.398. The Morgan fingerprint density at radius 3 is 2.15 bits per heavy atom. The third-order valence-corrected chi connectivity index (χ3v) is 2.09. The lowest BCUT2D eigenvalue weighted by atomic mass is 10.1. The second-order valence-corrected chi connectivity index (χ2v) is 3.20. The lowest BCUT2D eigenvalue weighted by Gasteiger charge is -1.94. The van der Waals surface area contributed by atoms with E-state index in [2.05, 4.69) is 11.8 Å². The fourth-order valence-electron chi connectivity index (χ4n) is 1.24. The molecule has 1 nitrogen and oxygen atoms in total. The molecule has 0 saturated carbocycles. The molecule has 0 atom stereocenters. The van der Waals surface area contributed by atoms with Crippen LogP contribution < -0.4 is 0 Å². The van der Waals surface area contributed by atoms with Crippen molar-refractivity contribution in [2.45, 2.75) is 41.5 Å². The molecule has 0 aromatic heterocycles. The van der Waals surface area contributed by atoms with Crippen LogP contribution in [0.1, 0.15) is 57.5 Å². The van der Waals surface area contributed by atoms with Crippen molar-refractivity contribution in [2.75, 3.05) is 0 Å². The summed E-state index contributed by atoms with van der Waals surface area (Å²) in [7, 11) is 0. The molecule has 0 aliphatic rings. The fraction of sp³-hybridized carbons (Fsp3) is 0.316. The smallest absolute Gasteiger partial charge is 0.151 e. The molecule has 20 heavy (non-hydrogen) atoms. The maximum absolute atomic E-state index is 10.8. The fourth-order valence-corrected chi connectivity index (χ4v) is 1.24. The number of hydrogen-bond donors (Lipinski definition) is 0. The summed E-state index contributed by atoms with van der Waals surface area (Å²) in [5.74, 6) is 6.03. The topological polar surface area (TPSA) is 17.1 Å². The van der Waals surface area contributed by atoms with E-state index in [4.69, 9.17) is 0 Å². The molecule has 0 fully saturated rings. The first-order valence-corrected chi connectivity index (χ1v) is 7.17. The summed E-state index contributed by atoms with van der Waals surface area (Å²) >= 11 is 0. The van der Waals surface area contributed by atoms with E-state index in [0.717, 1.165) is 17.4 Å². The zero-order valence-electron chi connectivity index (χ0n) is 13.5. The highest BCUT2D eigenvalue weighted by Gasteiger charge is 1.95. The Labute approximate surface area is 124 Å². The van der Waals surface area contributed by atoms with Crippen LogP contribution in [-0.4, -0.2) is 6.29 Å². The molecular formula is C19H26O. The normalized spacial score (nSPS) is 9.40. The van der Waals surface area contributed by atoms with Gasteiger partial charge in [0.2, 0.25) is 0 Å². The van der Waals surface area contributed by atoms with Crippen molar-refractivity contribution < 1.29 is 4.79 Å². The number of carbonyl (C=O) groups excluding carboxylic acids is 1. The van der Waals surface area contributed by atoms with Crippen LogP contribution >= 0.6 is 0 Å². The Morgan fingerprint density at radius 1 is 1.05 bits per heavy atom. The first-order valence-electron chi connectivity index (χ1n) is 7.17. The van der Waals surface area contributed by atoms with Crippen molar-refractivity contribution in [1.82, 2.24) is 0 Å². The first-order chi connectivity index (χ1) is 9.81. The monoisotopic (exact) mass is 270 g/mol. The molecule has 0 radical (unpaired) electrons. The summed E-state index contributed by atoms with van der Waals surface area (Å²) in [5.41, 5.74) is 2.34. The van der Waals surface area contributed by atoms with Gasteiger partial charge in [0.1, 0.15) is 0 Å². The van der Waals surface area contributed by atoms with Crippen LogP contribution in [0.2, 0.25) is 0 Å². The van der Waals surface area contributed by atoms with Crippen LogP contribution in [0.25, 0.3) is 0 Å². The number of benzene rings is 1. The number of carbonyl (C=O) groups is 1. The lowest BCUT2D eigenvalue weighted by Crippen LogP contribution is -1.85. The van der Waals surface area contributed by atoms with Crippen molar-refractivity contribution in [1.29, 1.82) is 0 Å². The van der Waals surface area contributed by atoms with Crippen LogP contribution in [-0.2, 0) is 0 Å². The predicted molar refractivity (Wildman–Crippen MR) is 90.0 cm³/mol. The Morgan fingerprint density at radius 2 is 1.65 bits per heavy atom. The predicted octanol–water partition coefficient (Wildman–Crippen LogP) is 5.43. The van der Waals surface area contributed by atoms with Gasteiger partial charge in [-0.3, -0.25) is 4.79 Å². The highest BCUT2D eigenvalue weighted by Crippen LogP contribution is 2.04. The van der Waals surface area contributed by atoms with Gasteiger partial charge in [0.15, 0.2) is 6.29 Å². The minimum absolute atomic E-state index is 0.630. The second kappa shape index (κ2) is 15.0. The zero-order valence-corrected chi connectivity index (χ0v) is 13.5. The van der Waals surface area contributed by atoms with E-state index in [1.54, 1.807) is 6.07 Å². The highest BCUT2D eigenvalue weighted by molar-refractivity contribution is 5.79. The van der Waals surface area contributed by atoms with Crippen LogP contribution in [0.4, 0.5) is 0 Å². The van der Waals surface area contributed by atoms with Gasteiger partial charge in [0, 0.05) is 16.7 Å². The van der Waals surface area contributed by atoms with Gasteiger partial charge in [0.25, 0.3) is 0 Å². The van der Waals surface area contributed by atoms with Crippen molar-refractivity contribution in [2.24, 2.45) is 0 Å². The van der Waals surface area contributed by atoms with Gasteiger partial charge in [-0.15, -0.1) is 0 Å². The van der Waals surface area contributed by atoms with Crippen molar-refractivity contribution in [3.63, 3.8) is 0 Å². The lowest BCUT2D eigenvalue weighted by molar-refractivity contribution is 0.112. The first kappa shape index (κ1) is 20.3. The van der Waals surface area contributed by atoms with Gasteiger partial charge in [-0.2, -0.15) is 0 Å². The van der Waals surface area contributed by atoms with Crippen molar-refractivity contribution in [3.8, 4) is 11.8 Å². The average molecular weight is 270 g/mol. The average Bonchev–Trinajstić information content (AvgIpc) is 2.55. The summed E-state index contributed by atoms with van der Waals surface area (Å²) < 4.78 is 0. The van der Waals surface area contributed by atoms with E-state index in [-0.39, 0.29) is 0 Å². The molecule has 0 saturated heterocycles. The van der Waals surface area contributed by atoms with E-state index in [0.29, 0.717) is 5.56 Å². The summed E-state index contributed by atoms with van der Waals surface area (Å²) in [6.45, 7) is 11.9. The Bertz CT molecular complexity index is 482. The largest absolute Gasteiger partial charge is 0.298 e. The van der Waals surface area contributed by atoms with E-state index in [1.165, 1.54) is 0 Å².